The number of aryl methyl sites for hydroxylation is 2. The van der Waals surface area contributed by atoms with E-state index in [4.69, 9.17) is 0 Å². The molecule has 0 saturated carbocycles. The Balaban J connectivity index is 1.95. The molecule has 0 bridgehead atoms. The summed E-state index contributed by atoms with van der Waals surface area (Å²) in [7, 11) is 0. The van der Waals surface area contributed by atoms with Gasteiger partial charge in [-0.05, 0) is 48.2 Å². The standard InChI is InChI=1S/C22H21NO/c1-16-13-17(2)15-20(14-16)23-22(24)21(18-9-5-3-6-10-18)19-11-7-4-8-12-19/h3-15,21H,1-2H3,(H,23,24). The summed E-state index contributed by atoms with van der Waals surface area (Å²) in [6.07, 6.45) is 0. The first-order valence-corrected chi connectivity index (χ1v) is 8.12. The molecule has 24 heavy (non-hydrogen) atoms. The van der Waals surface area contributed by atoms with Gasteiger partial charge < -0.3 is 5.32 Å². The summed E-state index contributed by atoms with van der Waals surface area (Å²) >= 11 is 0. The van der Waals surface area contributed by atoms with Crippen molar-refractivity contribution in [3.63, 3.8) is 0 Å². The second kappa shape index (κ2) is 7.14. The molecule has 0 heterocycles. The lowest BCUT2D eigenvalue weighted by Crippen LogP contribution is -2.22. The van der Waals surface area contributed by atoms with Crippen molar-refractivity contribution in [3.8, 4) is 0 Å². The van der Waals surface area contributed by atoms with Crippen LogP contribution in [0.25, 0.3) is 0 Å². The van der Waals surface area contributed by atoms with Crippen LogP contribution >= 0.6 is 0 Å². The van der Waals surface area contributed by atoms with Crippen molar-refractivity contribution in [1.29, 1.82) is 0 Å². The molecule has 3 aromatic carbocycles. The highest BCUT2D eigenvalue weighted by Gasteiger charge is 2.22. The topological polar surface area (TPSA) is 29.1 Å². The van der Waals surface area contributed by atoms with Gasteiger partial charge in [-0.1, -0.05) is 66.7 Å². The van der Waals surface area contributed by atoms with Crippen LogP contribution in [0.5, 0.6) is 0 Å². The number of amides is 1. The summed E-state index contributed by atoms with van der Waals surface area (Å²) in [5, 5.41) is 3.08. The molecule has 2 nitrogen and oxygen atoms in total. The maximum Gasteiger partial charge on any atom is 0.236 e. The number of rotatable bonds is 4. The van der Waals surface area contributed by atoms with E-state index in [0.717, 1.165) is 27.9 Å². The lowest BCUT2D eigenvalue weighted by molar-refractivity contribution is -0.116. The Bertz CT molecular complexity index is 765. The quantitative estimate of drug-likeness (QED) is 0.715. The van der Waals surface area contributed by atoms with Crippen molar-refractivity contribution in [2.24, 2.45) is 0 Å². The average molecular weight is 315 g/mol. The molecular weight excluding hydrogens is 294 g/mol. The zero-order valence-corrected chi connectivity index (χ0v) is 14.0. The van der Waals surface area contributed by atoms with Crippen LogP contribution in [0, 0.1) is 13.8 Å². The number of nitrogens with one attached hydrogen (secondary N) is 1. The van der Waals surface area contributed by atoms with E-state index in [-0.39, 0.29) is 11.8 Å². The molecule has 0 aromatic heterocycles. The number of carbonyl (C=O) groups is 1. The van der Waals surface area contributed by atoms with E-state index >= 15 is 0 Å². The van der Waals surface area contributed by atoms with E-state index in [1.165, 1.54) is 0 Å². The molecule has 0 aliphatic heterocycles. The van der Waals surface area contributed by atoms with E-state index < -0.39 is 0 Å². The molecule has 0 atom stereocenters. The van der Waals surface area contributed by atoms with Crippen molar-refractivity contribution < 1.29 is 4.79 Å². The van der Waals surface area contributed by atoms with Gasteiger partial charge in [-0.2, -0.15) is 0 Å². The highest BCUT2D eigenvalue weighted by molar-refractivity contribution is 5.98. The zero-order chi connectivity index (χ0) is 16.9. The van der Waals surface area contributed by atoms with Crippen LogP contribution in [-0.2, 0) is 4.79 Å². The minimum Gasteiger partial charge on any atom is -0.325 e. The molecule has 0 fully saturated rings. The van der Waals surface area contributed by atoms with Crippen molar-refractivity contribution in [2.45, 2.75) is 19.8 Å². The first kappa shape index (κ1) is 16.0. The maximum atomic E-state index is 13.0. The molecule has 120 valence electrons. The van der Waals surface area contributed by atoms with Crippen LogP contribution in [0.4, 0.5) is 5.69 Å². The highest BCUT2D eigenvalue weighted by Crippen LogP contribution is 2.26. The van der Waals surface area contributed by atoms with Gasteiger partial charge in [0.05, 0.1) is 5.92 Å². The molecule has 0 aliphatic rings. The van der Waals surface area contributed by atoms with Crippen molar-refractivity contribution in [2.75, 3.05) is 5.32 Å². The van der Waals surface area contributed by atoms with Gasteiger partial charge in [0.2, 0.25) is 5.91 Å². The SMILES string of the molecule is Cc1cc(C)cc(NC(=O)C(c2ccccc2)c2ccccc2)c1. The minimum absolute atomic E-state index is 0.0163. The van der Waals surface area contributed by atoms with Gasteiger partial charge in [0.15, 0.2) is 0 Å². The zero-order valence-electron chi connectivity index (χ0n) is 14.0. The summed E-state index contributed by atoms with van der Waals surface area (Å²) in [4.78, 5) is 13.0. The van der Waals surface area contributed by atoms with Gasteiger partial charge in [0.25, 0.3) is 0 Å². The molecule has 3 rings (SSSR count). The third-order valence-electron chi connectivity index (χ3n) is 4.02. The summed E-state index contributed by atoms with van der Waals surface area (Å²) in [6, 6.07) is 25.9. The normalized spacial score (nSPS) is 10.6. The fourth-order valence-electron chi connectivity index (χ4n) is 3.05. The lowest BCUT2D eigenvalue weighted by Gasteiger charge is -2.18. The Labute approximate surface area is 143 Å². The molecule has 2 heteroatoms. The van der Waals surface area contributed by atoms with Crippen LogP contribution < -0.4 is 5.32 Å². The summed E-state index contributed by atoms with van der Waals surface area (Å²) in [5.74, 6) is -0.342. The molecule has 0 aliphatic carbocycles. The fourth-order valence-corrected chi connectivity index (χ4v) is 3.05. The predicted molar refractivity (Wildman–Crippen MR) is 99.3 cm³/mol. The third kappa shape index (κ3) is 3.72. The Morgan fingerprint density at radius 1 is 0.750 bits per heavy atom. The van der Waals surface area contributed by atoms with E-state index in [9.17, 15) is 4.79 Å². The Kier molecular flexibility index (Phi) is 4.76. The monoisotopic (exact) mass is 315 g/mol. The first-order valence-electron chi connectivity index (χ1n) is 8.12. The first-order chi connectivity index (χ1) is 11.6. The van der Waals surface area contributed by atoms with Crippen molar-refractivity contribution in [3.05, 3.63) is 101 Å². The van der Waals surface area contributed by atoms with Crippen LogP contribution in [0.2, 0.25) is 0 Å². The molecule has 3 aromatic rings. The van der Waals surface area contributed by atoms with Gasteiger partial charge >= 0.3 is 0 Å². The van der Waals surface area contributed by atoms with E-state index in [2.05, 4.69) is 11.4 Å². The van der Waals surface area contributed by atoms with E-state index in [1.807, 2.05) is 86.6 Å². The van der Waals surface area contributed by atoms with Crippen LogP contribution in [0.15, 0.2) is 78.9 Å². The number of benzene rings is 3. The average Bonchev–Trinajstić information content (AvgIpc) is 2.56. The molecule has 0 unspecified atom stereocenters. The second-order valence-corrected chi connectivity index (χ2v) is 6.12. The van der Waals surface area contributed by atoms with Crippen molar-refractivity contribution >= 4 is 11.6 Å². The number of hydrogen-bond acceptors (Lipinski definition) is 1. The summed E-state index contributed by atoms with van der Waals surface area (Å²) in [5.41, 5.74) is 5.10. The molecule has 1 amide bonds. The van der Waals surface area contributed by atoms with Gasteiger partial charge in [-0.3, -0.25) is 4.79 Å². The van der Waals surface area contributed by atoms with E-state index in [0.29, 0.717) is 0 Å². The van der Waals surface area contributed by atoms with Crippen LogP contribution in [0.1, 0.15) is 28.2 Å². The van der Waals surface area contributed by atoms with Gasteiger partial charge in [0.1, 0.15) is 0 Å². The Morgan fingerprint density at radius 3 is 1.67 bits per heavy atom. The number of carbonyl (C=O) groups excluding carboxylic acids is 1. The Morgan fingerprint density at radius 2 is 1.21 bits per heavy atom. The highest BCUT2D eigenvalue weighted by atomic mass is 16.1. The Hall–Kier alpha value is -2.87. The van der Waals surface area contributed by atoms with Gasteiger partial charge in [-0.25, -0.2) is 0 Å². The predicted octanol–water partition coefficient (Wildman–Crippen LogP) is 5.07. The molecule has 0 radical (unpaired) electrons. The van der Waals surface area contributed by atoms with Gasteiger partial charge in [0, 0.05) is 5.69 Å². The minimum atomic E-state index is -0.326. The second-order valence-electron chi connectivity index (χ2n) is 6.12. The fraction of sp³-hybridized carbons (Fsp3) is 0.136. The number of anilines is 1. The van der Waals surface area contributed by atoms with E-state index in [1.54, 1.807) is 0 Å². The number of hydrogen-bond donors (Lipinski definition) is 1. The molecule has 0 spiro atoms. The molecule has 0 saturated heterocycles. The summed E-state index contributed by atoms with van der Waals surface area (Å²) in [6.45, 7) is 4.07. The molecular formula is C22H21NO. The third-order valence-corrected chi connectivity index (χ3v) is 4.02. The van der Waals surface area contributed by atoms with Crippen molar-refractivity contribution in [1.82, 2.24) is 0 Å². The largest absolute Gasteiger partial charge is 0.325 e. The van der Waals surface area contributed by atoms with Gasteiger partial charge in [-0.15, -0.1) is 0 Å². The lowest BCUT2D eigenvalue weighted by atomic mass is 9.90. The van der Waals surface area contributed by atoms with Crippen LogP contribution in [-0.4, -0.2) is 5.91 Å². The summed E-state index contributed by atoms with van der Waals surface area (Å²) < 4.78 is 0. The molecule has 1 N–H and O–H groups in total. The smallest absolute Gasteiger partial charge is 0.236 e. The van der Waals surface area contributed by atoms with Crippen LogP contribution in [0.3, 0.4) is 0 Å². The maximum absolute atomic E-state index is 13.0.